The van der Waals surface area contributed by atoms with Gasteiger partial charge in [0.05, 0.1) is 6.04 Å². The van der Waals surface area contributed by atoms with E-state index < -0.39 is 37.9 Å². The van der Waals surface area contributed by atoms with E-state index in [1.165, 1.54) is 4.90 Å². The van der Waals surface area contributed by atoms with Crippen molar-refractivity contribution in [1.29, 1.82) is 0 Å². The van der Waals surface area contributed by atoms with Crippen LogP contribution >= 0.6 is 0 Å². The van der Waals surface area contributed by atoms with Crippen molar-refractivity contribution in [2.45, 2.75) is 84.3 Å². The van der Waals surface area contributed by atoms with E-state index in [1.807, 2.05) is 68.8 Å². The van der Waals surface area contributed by atoms with Gasteiger partial charge in [-0.3, -0.25) is 9.59 Å². The van der Waals surface area contributed by atoms with Crippen LogP contribution < -0.4 is 11.1 Å². The molecule has 3 amide bonds. The third-order valence-corrected chi connectivity index (χ3v) is 14.2. The molecule has 1 saturated heterocycles. The van der Waals surface area contributed by atoms with Crippen molar-refractivity contribution < 1.29 is 28.1 Å². The number of imidazole rings is 1. The molecular formula is C36H48N6O6Si. The van der Waals surface area contributed by atoms with Crippen LogP contribution in [0.4, 0.5) is 4.79 Å². The maximum Gasteiger partial charge on any atom is 0.407 e. The monoisotopic (exact) mass is 688 g/mol. The minimum Gasteiger partial charge on any atom is -0.444 e. The van der Waals surface area contributed by atoms with Crippen LogP contribution in [0.2, 0.25) is 18.1 Å². The molecule has 2 aromatic heterocycles. The van der Waals surface area contributed by atoms with E-state index in [4.69, 9.17) is 19.4 Å². The molecular weight excluding hydrogens is 641 g/mol. The van der Waals surface area contributed by atoms with Gasteiger partial charge in [0.2, 0.25) is 0 Å². The minimum absolute atomic E-state index is 0.0200. The number of hydrogen-bond donors (Lipinski definition) is 2. The lowest BCUT2D eigenvalue weighted by Gasteiger charge is -2.38. The lowest BCUT2D eigenvalue weighted by Crippen LogP contribution is -2.42. The number of likely N-dealkylation sites (tertiary alicyclic amines) is 1. The molecule has 3 aromatic rings. The zero-order chi connectivity index (χ0) is 35.9. The summed E-state index contributed by atoms with van der Waals surface area (Å²) in [5.41, 5.74) is 6.78. The molecule has 2 aliphatic rings. The Hall–Kier alpha value is -4.41. The van der Waals surface area contributed by atoms with E-state index in [9.17, 15) is 14.4 Å². The van der Waals surface area contributed by atoms with Crippen LogP contribution in [0, 0.1) is 29.6 Å². The van der Waals surface area contributed by atoms with Crippen LogP contribution in [0.5, 0.6) is 0 Å². The summed E-state index contributed by atoms with van der Waals surface area (Å²) in [5.74, 6) is 7.13. The Bertz CT molecular complexity index is 1740. The van der Waals surface area contributed by atoms with Gasteiger partial charge in [0.25, 0.3) is 0 Å². The number of fused-ring (bicyclic) bond motifs is 1. The maximum atomic E-state index is 12.7. The second-order valence-corrected chi connectivity index (χ2v) is 20.3. The quantitative estimate of drug-likeness (QED) is 0.184. The van der Waals surface area contributed by atoms with Crippen LogP contribution in [-0.4, -0.2) is 71.1 Å². The van der Waals surface area contributed by atoms with E-state index in [1.54, 1.807) is 6.20 Å². The molecule has 3 N–H and O–H groups in total. The number of aromatic nitrogens is 3. The van der Waals surface area contributed by atoms with Crippen LogP contribution in [0.1, 0.15) is 77.7 Å². The van der Waals surface area contributed by atoms with E-state index in [0.717, 1.165) is 17.0 Å². The number of nitrogens with one attached hydrogen (secondary N) is 1. The fourth-order valence-electron chi connectivity index (χ4n) is 5.94. The standard InChI is InChI=1S/C36H48N6O6Si/c1-22(48-49(8,9)36(5,6)7)32-38-16-17-42(32)29(19-39-34(45)46-35(2,3)4)28-18-30(47-40-28)24-13-10-23(11-14-24)12-15-25-26-20-41(21-27(25)26)33(44)31(37)43/h10-11,13-14,16-18,22,25-27,29H,19-21H2,1-9H3,(H2,37,43)(H,39,45)/t22-,25-,26-,27+,29+/m0/s1. The van der Waals surface area contributed by atoms with Crippen molar-refractivity contribution in [2.24, 2.45) is 23.5 Å². The highest BCUT2D eigenvalue weighted by Gasteiger charge is 2.56. The number of hydrogen-bond acceptors (Lipinski definition) is 8. The lowest BCUT2D eigenvalue weighted by molar-refractivity contribution is -0.143. The van der Waals surface area contributed by atoms with Gasteiger partial charge < -0.3 is 34.2 Å². The number of carbonyl (C=O) groups excluding carboxylic acids is 3. The van der Waals surface area contributed by atoms with Gasteiger partial charge in [-0.05, 0) is 81.9 Å². The smallest absolute Gasteiger partial charge is 0.407 e. The Morgan fingerprint density at radius 3 is 2.35 bits per heavy atom. The Kier molecular flexibility index (Phi) is 9.87. The van der Waals surface area contributed by atoms with Crippen LogP contribution in [0.3, 0.4) is 0 Å². The summed E-state index contributed by atoms with van der Waals surface area (Å²) < 4.78 is 20.0. The van der Waals surface area contributed by atoms with Gasteiger partial charge in [-0.2, -0.15) is 0 Å². The van der Waals surface area contributed by atoms with Gasteiger partial charge >= 0.3 is 17.9 Å². The number of rotatable bonds is 8. The van der Waals surface area contributed by atoms with Crippen molar-refractivity contribution in [3.63, 3.8) is 0 Å². The number of piperidine rings is 1. The molecule has 1 saturated carbocycles. The Morgan fingerprint density at radius 1 is 1.10 bits per heavy atom. The summed E-state index contributed by atoms with van der Waals surface area (Å²) in [6.07, 6.45) is 2.77. The van der Waals surface area contributed by atoms with Crippen LogP contribution in [0.15, 0.2) is 47.2 Å². The van der Waals surface area contributed by atoms with Gasteiger partial charge in [0, 0.05) is 55.1 Å². The molecule has 0 spiro atoms. The second kappa shape index (κ2) is 13.5. The molecule has 262 valence electrons. The molecule has 3 heterocycles. The molecule has 0 radical (unpaired) electrons. The van der Waals surface area contributed by atoms with E-state index in [2.05, 4.69) is 61.2 Å². The summed E-state index contributed by atoms with van der Waals surface area (Å²) in [7, 11) is -2.11. The summed E-state index contributed by atoms with van der Waals surface area (Å²) in [5, 5.41) is 7.35. The van der Waals surface area contributed by atoms with Crippen molar-refractivity contribution >= 4 is 26.2 Å². The van der Waals surface area contributed by atoms with E-state index in [0.29, 0.717) is 24.5 Å². The van der Waals surface area contributed by atoms with E-state index >= 15 is 0 Å². The Balaban J connectivity index is 1.32. The first kappa shape index (κ1) is 35.9. The highest BCUT2D eigenvalue weighted by molar-refractivity contribution is 6.74. The second-order valence-electron chi connectivity index (χ2n) is 15.5. The number of ether oxygens (including phenoxy) is 1. The third kappa shape index (κ3) is 8.25. The van der Waals surface area contributed by atoms with Crippen molar-refractivity contribution in [3.05, 3.63) is 59.8 Å². The number of benzene rings is 1. The Morgan fingerprint density at radius 2 is 1.76 bits per heavy atom. The molecule has 0 bridgehead atoms. The molecule has 1 aliphatic carbocycles. The lowest BCUT2D eigenvalue weighted by atomic mass is 10.1. The van der Waals surface area contributed by atoms with Gasteiger partial charge in [-0.1, -0.05) is 37.8 Å². The fraction of sp³-hybridized carbons (Fsp3) is 0.528. The molecule has 1 aromatic carbocycles. The number of alkyl carbamates (subject to hydrolysis) is 1. The fourth-order valence-corrected chi connectivity index (χ4v) is 7.29. The largest absolute Gasteiger partial charge is 0.444 e. The van der Waals surface area contributed by atoms with Gasteiger partial charge in [0.15, 0.2) is 14.1 Å². The van der Waals surface area contributed by atoms with Crippen molar-refractivity contribution in [1.82, 2.24) is 24.9 Å². The normalized spacial score (nSPS) is 20.1. The summed E-state index contributed by atoms with van der Waals surface area (Å²) >= 11 is 0. The molecule has 0 unspecified atom stereocenters. The maximum absolute atomic E-state index is 12.7. The van der Waals surface area contributed by atoms with Gasteiger partial charge in [0.1, 0.15) is 23.2 Å². The molecule has 12 nitrogen and oxygen atoms in total. The predicted octanol–water partition coefficient (Wildman–Crippen LogP) is 5.28. The highest BCUT2D eigenvalue weighted by Crippen LogP contribution is 2.51. The molecule has 2 fully saturated rings. The summed E-state index contributed by atoms with van der Waals surface area (Å²) in [6, 6.07) is 9.14. The van der Waals surface area contributed by atoms with Crippen LogP contribution in [-0.2, 0) is 18.8 Å². The first-order chi connectivity index (χ1) is 22.8. The third-order valence-electron chi connectivity index (χ3n) is 9.63. The summed E-state index contributed by atoms with van der Waals surface area (Å²) in [4.78, 5) is 41.9. The molecule has 5 rings (SSSR count). The average Bonchev–Trinajstić information content (AvgIpc) is 3.50. The topological polar surface area (TPSA) is 155 Å². The summed E-state index contributed by atoms with van der Waals surface area (Å²) in [6.45, 7) is 19.7. The number of primary amides is 1. The first-order valence-electron chi connectivity index (χ1n) is 16.7. The van der Waals surface area contributed by atoms with Gasteiger partial charge in [-0.25, -0.2) is 9.78 Å². The SMILES string of the molecule is C[C@H](O[Si](C)(C)C(C)(C)C)c1nccn1[C@H](CNC(=O)OC(C)(C)C)c1cc(-c2ccc(C#C[C@@H]3[C@H]4CN(C(=O)C(N)=O)C[C@@H]34)cc2)on1. The average molecular weight is 689 g/mol. The zero-order valence-electron chi connectivity index (χ0n) is 29.9. The number of carbonyl (C=O) groups is 3. The highest BCUT2D eigenvalue weighted by atomic mass is 28.4. The molecule has 1 aliphatic heterocycles. The number of amides is 3. The number of nitrogens with zero attached hydrogens (tertiary/aromatic N) is 4. The first-order valence-corrected chi connectivity index (χ1v) is 19.6. The zero-order valence-corrected chi connectivity index (χ0v) is 30.9. The molecule has 13 heteroatoms. The molecule has 5 atom stereocenters. The van der Waals surface area contributed by atoms with E-state index in [-0.39, 0.29) is 35.4 Å². The Labute approximate surface area is 289 Å². The van der Waals surface area contributed by atoms with Crippen LogP contribution in [0.25, 0.3) is 11.3 Å². The predicted molar refractivity (Wildman–Crippen MR) is 186 cm³/mol. The number of nitrogens with two attached hydrogens (primary N) is 1. The van der Waals surface area contributed by atoms with Crippen molar-refractivity contribution in [2.75, 3.05) is 19.6 Å². The van der Waals surface area contributed by atoms with Crippen molar-refractivity contribution in [3.8, 4) is 23.2 Å². The van der Waals surface area contributed by atoms with Gasteiger partial charge in [-0.15, -0.1) is 0 Å². The minimum atomic E-state index is -2.11. The molecule has 49 heavy (non-hydrogen) atoms.